The Balaban J connectivity index is 2.62. The Hall–Kier alpha value is -1.78. The first-order chi connectivity index (χ1) is 8.97. The van der Waals surface area contributed by atoms with Gasteiger partial charge in [-0.05, 0) is 35.4 Å². The molecule has 4 nitrogen and oxygen atoms in total. The number of nitrogens with two attached hydrogens (primary N) is 1. The summed E-state index contributed by atoms with van der Waals surface area (Å²) >= 11 is 11.9. The van der Waals surface area contributed by atoms with E-state index in [0.717, 1.165) is 0 Å². The van der Waals surface area contributed by atoms with Crippen LogP contribution < -0.4 is 5.73 Å². The largest absolute Gasteiger partial charge is 0.481 e. The monoisotopic (exact) mass is 296 g/mol. The maximum atomic E-state index is 10.9. The molecule has 98 valence electrons. The van der Waals surface area contributed by atoms with E-state index in [2.05, 4.69) is 4.98 Å². The van der Waals surface area contributed by atoms with Gasteiger partial charge in [0.25, 0.3) is 0 Å². The molecule has 2 aromatic rings. The molecule has 0 aliphatic heterocycles. The van der Waals surface area contributed by atoms with Crippen molar-refractivity contribution in [1.29, 1.82) is 0 Å². The van der Waals surface area contributed by atoms with Crippen LogP contribution in [-0.2, 0) is 11.2 Å². The number of benzene rings is 1. The van der Waals surface area contributed by atoms with Crippen molar-refractivity contribution in [2.45, 2.75) is 6.42 Å². The third kappa shape index (κ3) is 3.16. The van der Waals surface area contributed by atoms with E-state index >= 15 is 0 Å². The molecule has 1 aromatic carbocycles. The summed E-state index contributed by atoms with van der Waals surface area (Å²) in [6, 6.07) is 6.56. The first-order valence-electron chi connectivity index (χ1n) is 5.39. The summed E-state index contributed by atoms with van der Waals surface area (Å²) in [5.41, 5.74) is 7.61. The summed E-state index contributed by atoms with van der Waals surface area (Å²) in [5, 5.41) is 9.83. The van der Waals surface area contributed by atoms with Crippen LogP contribution in [0.1, 0.15) is 5.56 Å². The van der Waals surface area contributed by atoms with Crippen molar-refractivity contribution in [1.82, 2.24) is 4.98 Å². The van der Waals surface area contributed by atoms with Gasteiger partial charge in [-0.1, -0.05) is 23.2 Å². The van der Waals surface area contributed by atoms with Crippen molar-refractivity contribution >= 4 is 35.0 Å². The topological polar surface area (TPSA) is 76.2 Å². The lowest BCUT2D eigenvalue weighted by atomic mass is 9.99. The van der Waals surface area contributed by atoms with Crippen LogP contribution >= 0.6 is 23.2 Å². The number of hydrogen-bond acceptors (Lipinski definition) is 3. The first kappa shape index (κ1) is 13.6. The summed E-state index contributed by atoms with van der Waals surface area (Å²) in [5.74, 6) is -0.697. The number of hydrogen-bond donors (Lipinski definition) is 2. The maximum Gasteiger partial charge on any atom is 0.307 e. The lowest BCUT2D eigenvalue weighted by molar-refractivity contribution is -0.136. The van der Waals surface area contributed by atoms with Crippen LogP contribution in [0.4, 0.5) is 5.82 Å². The standard InChI is InChI=1S/C13H10Cl2N2O2/c14-9-3-8(4-10(15)6-9)12-7(5-11(18)19)1-2-17-13(12)16/h1-4,6H,5H2,(H2,16,17)(H,18,19). The fourth-order valence-corrected chi connectivity index (χ4v) is 2.39. The molecule has 1 heterocycles. The number of nitrogens with zero attached hydrogens (tertiary/aromatic N) is 1. The second kappa shape index (κ2) is 5.47. The predicted molar refractivity (Wildman–Crippen MR) is 75.4 cm³/mol. The van der Waals surface area contributed by atoms with Crippen molar-refractivity contribution in [2.24, 2.45) is 0 Å². The number of aliphatic carboxylic acids is 1. The number of halogens is 2. The molecule has 2 rings (SSSR count). The van der Waals surface area contributed by atoms with Gasteiger partial charge in [0.2, 0.25) is 0 Å². The zero-order chi connectivity index (χ0) is 14.0. The van der Waals surface area contributed by atoms with E-state index in [1.165, 1.54) is 6.20 Å². The van der Waals surface area contributed by atoms with Gasteiger partial charge >= 0.3 is 5.97 Å². The van der Waals surface area contributed by atoms with E-state index in [4.69, 9.17) is 34.0 Å². The van der Waals surface area contributed by atoms with Gasteiger partial charge in [-0.15, -0.1) is 0 Å². The third-order valence-corrected chi connectivity index (χ3v) is 3.00. The number of carboxylic acid groups (broad SMARTS) is 1. The zero-order valence-electron chi connectivity index (χ0n) is 9.73. The predicted octanol–water partition coefficient (Wildman–Crippen LogP) is 3.26. The lowest BCUT2D eigenvalue weighted by Gasteiger charge is -2.11. The summed E-state index contributed by atoms with van der Waals surface area (Å²) in [6.45, 7) is 0. The molecule has 0 fully saturated rings. The van der Waals surface area contributed by atoms with E-state index in [9.17, 15) is 4.79 Å². The molecular weight excluding hydrogens is 287 g/mol. The molecule has 0 radical (unpaired) electrons. The average molecular weight is 297 g/mol. The van der Waals surface area contributed by atoms with Gasteiger partial charge in [-0.3, -0.25) is 4.79 Å². The number of aromatic nitrogens is 1. The van der Waals surface area contributed by atoms with Crippen molar-refractivity contribution in [2.75, 3.05) is 5.73 Å². The Morgan fingerprint density at radius 1 is 1.26 bits per heavy atom. The Bertz CT molecular complexity index is 624. The van der Waals surface area contributed by atoms with Crippen molar-refractivity contribution in [3.05, 3.63) is 46.1 Å². The molecule has 0 spiro atoms. The smallest absolute Gasteiger partial charge is 0.307 e. The van der Waals surface area contributed by atoms with Crippen molar-refractivity contribution < 1.29 is 9.90 Å². The van der Waals surface area contributed by atoms with Gasteiger partial charge in [-0.25, -0.2) is 4.98 Å². The average Bonchev–Trinajstić information content (AvgIpc) is 2.26. The molecule has 3 N–H and O–H groups in total. The molecule has 0 unspecified atom stereocenters. The van der Waals surface area contributed by atoms with Gasteiger partial charge in [0.05, 0.1) is 6.42 Å². The van der Waals surface area contributed by atoms with Crippen molar-refractivity contribution in [3.8, 4) is 11.1 Å². The summed E-state index contributed by atoms with van der Waals surface area (Å²) in [4.78, 5) is 14.9. The van der Waals surface area contributed by atoms with Crippen LogP contribution in [0.15, 0.2) is 30.5 Å². The lowest BCUT2D eigenvalue weighted by Crippen LogP contribution is -2.05. The molecule has 1 aromatic heterocycles. The minimum atomic E-state index is -0.944. The first-order valence-corrected chi connectivity index (χ1v) is 6.14. The van der Waals surface area contributed by atoms with E-state index in [1.807, 2.05) is 0 Å². The highest BCUT2D eigenvalue weighted by Crippen LogP contribution is 2.32. The van der Waals surface area contributed by atoms with Gasteiger partial charge in [-0.2, -0.15) is 0 Å². The highest BCUT2D eigenvalue weighted by atomic mass is 35.5. The molecule has 0 atom stereocenters. The Kier molecular flexibility index (Phi) is 3.93. The fraction of sp³-hybridized carbons (Fsp3) is 0.0769. The van der Waals surface area contributed by atoms with Crippen LogP contribution in [0.5, 0.6) is 0 Å². The molecule has 0 bridgehead atoms. The molecule has 19 heavy (non-hydrogen) atoms. The summed E-state index contributed by atoms with van der Waals surface area (Å²) in [7, 11) is 0. The number of rotatable bonds is 3. The molecule has 0 aliphatic carbocycles. The number of anilines is 1. The highest BCUT2D eigenvalue weighted by molar-refractivity contribution is 6.35. The molecule has 0 saturated heterocycles. The van der Waals surface area contributed by atoms with E-state index in [1.54, 1.807) is 24.3 Å². The molecule has 0 amide bonds. The number of carbonyl (C=O) groups is 1. The van der Waals surface area contributed by atoms with Crippen LogP contribution in [0, 0.1) is 0 Å². The Morgan fingerprint density at radius 3 is 2.47 bits per heavy atom. The third-order valence-electron chi connectivity index (χ3n) is 2.56. The molecular formula is C13H10Cl2N2O2. The summed E-state index contributed by atoms with van der Waals surface area (Å²) in [6.07, 6.45) is 1.33. The number of nitrogen functional groups attached to an aromatic ring is 1. The summed E-state index contributed by atoms with van der Waals surface area (Å²) < 4.78 is 0. The van der Waals surface area contributed by atoms with Crippen LogP contribution in [0.25, 0.3) is 11.1 Å². The normalized spacial score (nSPS) is 10.4. The SMILES string of the molecule is Nc1nccc(CC(=O)O)c1-c1cc(Cl)cc(Cl)c1. The van der Waals surface area contributed by atoms with Crippen LogP contribution in [0.3, 0.4) is 0 Å². The Morgan fingerprint density at radius 2 is 1.89 bits per heavy atom. The van der Waals surface area contributed by atoms with E-state index < -0.39 is 5.97 Å². The maximum absolute atomic E-state index is 10.9. The minimum Gasteiger partial charge on any atom is -0.481 e. The second-order valence-corrected chi connectivity index (χ2v) is 4.83. The highest BCUT2D eigenvalue weighted by Gasteiger charge is 2.13. The fourth-order valence-electron chi connectivity index (χ4n) is 1.86. The van der Waals surface area contributed by atoms with Crippen molar-refractivity contribution in [3.63, 3.8) is 0 Å². The van der Waals surface area contributed by atoms with Crippen LogP contribution in [0.2, 0.25) is 10.0 Å². The van der Waals surface area contributed by atoms with Gasteiger partial charge in [0.15, 0.2) is 0 Å². The second-order valence-electron chi connectivity index (χ2n) is 3.96. The quantitative estimate of drug-likeness (QED) is 0.911. The molecule has 6 heteroatoms. The minimum absolute atomic E-state index is 0.147. The zero-order valence-corrected chi connectivity index (χ0v) is 11.2. The van der Waals surface area contributed by atoms with Gasteiger partial charge in [0, 0.05) is 21.8 Å². The van der Waals surface area contributed by atoms with E-state index in [0.29, 0.717) is 26.7 Å². The number of pyridine rings is 1. The van der Waals surface area contributed by atoms with E-state index in [-0.39, 0.29) is 12.2 Å². The number of carboxylic acids is 1. The van der Waals surface area contributed by atoms with Crippen LogP contribution in [-0.4, -0.2) is 16.1 Å². The molecule has 0 aliphatic rings. The molecule has 0 saturated carbocycles. The Labute approximate surface area is 119 Å². The van der Waals surface area contributed by atoms with Gasteiger partial charge < -0.3 is 10.8 Å². The van der Waals surface area contributed by atoms with Gasteiger partial charge in [0.1, 0.15) is 5.82 Å².